The van der Waals surface area contributed by atoms with Crippen molar-refractivity contribution < 1.29 is 14.7 Å². The standard InChI is InChI=1S/C23H21N3O3/c27-22(28)20(16-17-10-4-1-5-11-17)24-23(29)26-25-21(18-12-6-2-7-13-18)19-14-8-3-9-15-19/h1-15,20H,16H2,(H,27,28)(H2,24,26,29)/t20-/m1/s1. The van der Waals surface area contributed by atoms with Gasteiger partial charge in [0.2, 0.25) is 0 Å². The molecule has 0 heterocycles. The number of rotatable bonds is 7. The molecule has 3 rings (SSSR count). The van der Waals surface area contributed by atoms with Gasteiger partial charge in [-0.05, 0) is 5.56 Å². The van der Waals surface area contributed by atoms with Gasteiger partial charge in [0.25, 0.3) is 0 Å². The number of hydrogen-bond acceptors (Lipinski definition) is 3. The molecule has 3 aromatic carbocycles. The van der Waals surface area contributed by atoms with Crippen molar-refractivity contribution in [3.63, 3.8) is 0 Å². The molecule has 0 aliphatic carbocycles. The number of carboxylic acid groups (broad SMARTS) is 1. The predicted octanol–water partition coefficient (Wildman–Crippen LogP) is 3.43. The van der Waals surface area contributed by atoms with Gasteiger partial charge in [-0.25, -0.2) is 15.0 Å². The van der Waals surface area contributed by atoms with E-state index in [2.05, 4.69) is 15.8 Å². The fourth-order valence-electron chi connectivity index (χ4n) is 2.83. The third-order valence-electron chi connectivity index (χ3n) is 4.25. The molecule has 3 aromatic rings. The van der Waals surface area contributed by atoms with Crippen LogP contribution in [0.5, 0.6) is 0 Å². The van der Waals surface area contributed by atoms with Gasteiger partial charge in [-0.2, -0.15) is 5.10 Å². The summed E-state index contributed by atoms with van der Waals surface area (Å²) in [5, 5.41) is 16.2. The maximum absolute atomic E-state index is 12.3. The Morgan fingerprint density at radius 3 is 1.76 bits per heavy atom. The van der Waals surface area contributed by atoms with Gasteiger partial charge < -0.3 is 10.4 Å². The molecule has 29 heavy (non-hydrogen) atoms. The first-order chi connectivity index (χ1) is 14.1. The smallest absolute Gasteiger partial charge is 0.335 e. The van der Waals surface area contributed by atoms with Crippen LogP contribution in [0, 0.1) is 0 Å². The lowest BCUT2D eigenvalue weighted by atomic mass is 10.0. The number of urea groups is 1. The zero-order chi connectivity index (χ0) is 20.5. The number of hydrogen-bond donors (Lipinski definition) is 3. The molecule has 0 spiro atoms. The average Bonchev–Trinajstić information content (AvgIpc) is 2.75. The Morgan fingerprint density at radius 2 is 1.28 bits per heavy atom. The summed E-state index contributed by atoms with van der Waals surface area (Å²) in [4.78, 5) is 23.9. The molecule has 0 bridgehead atoms. The van der Waals surface area contributed by atoms with Crippen molar-refractivity contribution in [2.75, 3.05) is 0 Å². The summed E-state index contributed by atoms with van der Waals surface area (Å²) >= 11 is 0. The zero-order valence-electron chi connectivity index (χ0n) is 15.7. The summed E-state index contributed by atoms with van der Waals surface area (Å²) in [6, 6.07) is 26.3. The molecule has 0 saturated carbocycles. The highest BCUT2D eigenvalue weighted by Crippen LogP contribution is 2.10. The lowest BCUT2D eigenvalue weighted by Crippen LogP contribution is -2.46. The van der Waals surface area contributed by atoms with Crippen LogP contribution in [0.3, 0.4) is 0 Å². The lowest BCUT2D eigenvalue weighted by Gasteiger charge is -2.14. The quantitative estimate of drug-likeness (QED) is 0.428. The second-order valence-corrected chi connectivity index (χ2v) is 6.36. The van der Waals surface area contributed by atoms with Gasteiger partial charge in [-0.3, -0.25) is 0 Å². The van der Waals surface area contributed by atoms with Crippen LogP contribution in [0.25, 0.3) is 0 Å². The van der Waals surface area contributed by atoms with Crippen LogP contribution < -0.4 is 10.7 Å². The van der Waals surface area contributed by atoms with E-state index in [-0.39, 0.29) is 6.42 Å². The van der Waals surface area contributed by atoms with Crippen LogP contribution in [0.2, 0.25) is 0 Å². The molecule has 0 aromatic heterocycles. The fourth-order valence-corrected chi connectivity index (χ4v) is 2.83. The van der Waals surface area contributed by atoms with E-state index in [1.54, 1.807) is 0 Å². The number of aliphatic carboxylic acids is 1. The second-order valence-electron chi connectivity index (χ2n) is 6.36. The number of carboxylic acids is 1. The highest BCUT2D eigenvalue weighted by molar-refractivity contribution is 6.13. The van der Waals surface area contributed by atoms with E-state index in [1.165, 1.54) is 0 Å². The zero-order valence-corrected chi connectivity index (χ0v) is 15.7. The van der Waals surface area contributed by atoms with Crippen LogP contribution in [-0.4, -0.2) is 28.9 Å². The molecule has 0 aliphatic rings. The first-order valence-electron chi connectivity index (χ1n) is 9.15. The Balaban J connectivity index is 1.74. The average molecular weight is 387 g/mol. The van der Waals surface area contributed by atoms with Crippen molar-refractivity contribution in [3.8, 4) is 0 Å². The second kappa shape index (κ2) is 9.85. The minimum atomic E-state index is -1.11. The molecule has 2 amide bonds. The first-order valence-corrected chi connectivity index (χ1v) is 9.15. The van der Waals surface area contributed by atoms with Gasteiger partial charge in [-0.1, -0.05) is 91.0 Å². The topological polar surface area (TPSA) is 90.8 Å². The largest absolute Gasteiger partial charge is 0.480 e. The highest BCUT2D eigenvalue weighted by Gasteiger charge is 2.20. The molecule has 0 saturated heterocycles. The van der Waals surface area contributed by atoms with Crippen molar-refractivity contribution in [2.45, 2.75) is 12.5 Å². The van der Waals surface area contributed by atoms with Crippen molar-refractivity contribution in [1.82, 2.24) is 10.7 Å². The normalized spacial score (nSPS) is 11.2. The van der Waals surface area contributed by atoms with Crippen molar-refractivity contribution in [2.24, 2.45) is 5.10 Å². The molecule has 1 atom stereocenters. The van der Waals surface area contributed by atoms with Crippen LogP contribution in [-0.2, 0) is 11.2 Å². The molecule has 0 unspecified atom stereocenters. The van der Waals surface area contributed by atoms with Gasteiger partial charge in [-0.15, -0.1) is 0 Å². The van der Waals surface area contributed by atoms with E-state index in [1.807, 2.05) is 91.0 Å². The SMILES string of the molecule is O=C(NN=C(c1ccccc1)c1ccccc1)N[C@H](Cc1ccccc1)C(=O)O. The van der Waals surface area contributed by atoms with Crippen LogP contribution in [0.15, 0.2) is 96.1 Å². The third-order valence-corrected chi connectivity index (χ3v) is 4.25. The van der Waals surface area contributed by atoms with Crippen molar-refractivity contribution in [1.29, 1.82) is 0 Å². The Kier molecular flexibility index (Phi) is 6.73. The summed E-state index contributed by atoms with van der Waals surface area (Å²) in [7, 11) is 0. The molecule has 0 radical (unpaired) electrons. The minimum absolute atomic E-state index is 0.178. The highest BCUT2D eigenvalue weighted by atomic mass is 16.4. The predicted molar refractivity (Wildman–Crippen MR) is 112 cm³/mol. The van der Waals surface area contributed by atoms with E-state index in [0.717, 1.165) is 16.7 Å². The number of hydrazone groups is 1. The summed E-state index contributed by atoms with van der Waals surface area (Å²) in [6.07, 6.45) is 0.178. The van der Waals surface area contributed by atoms with Crippen LogP contribution in [0.4, 0.5) is 4.79 Å². The van der Waals surface area contributed by atoms with E-state index < -0.39 is 18.0 Å². The van der Waals surface area contributed by atoms with E-state index >= 15 is 0 Å². The number of benzene rings is 3. The molecular weight excluding hydrogens is 366 g/mol. The van der Waals surface area contributed by atoms with Crippen LogP contribution in [0.1, 0.15) is 16.7 Å². The van der Waals surface area contributed by atoms with E-state index in [0.29, 0.717) is 5.71 Å². The summed E-state index contributed by atoms with van der Waals surface area (Å²) in [6.45, 7) is 0. The molecule has 0 fully saturated rings. The molecule has 3 N–H and O–H groups in total. The number of nitrogens with zero attached hydrogens (tertiary/aromatic N) is 1. The van der Waals surface area contributed by atoms with E-state index in [9.17, 15) is 14.7 Å². The third kappa shape index (κ3) is 5.77. The summed E-state index contributed by atoms with van der Waals surface area (Å²) in [5.41, 5.74) is 5.49. The van der Waals surface area contributed by atoms with Gasteiger partial charge in [0, 0.05) is 17.5 Å². The first kappa shape index (κ1) is 19.8. The van der Waals surface area contributed by atoms with Crippen LogP contribution >= 0.6 is 0 Å². The Morgan fingerprint density at radius 1 is 0.793 bits per heavy atom. The monoisotopic (exact) mass is 387 g/mol. The van der Waals surface area contributed by atoms with Gasteiger partial charge in [0.15, 0.2) is 0 Å². The minimum Gasteiger partial charge on any atom is -0.480 e. The molecule has 0 aliphatic heterocycles. The maximum Gasteiger partial charge on any atom is 0.335 e. The molecular formula is C23H21N3O3. The van der Waals surface area contributed by atoms with Gasteiger partial charge in [0.1, 0.15) is 6.04 Å². The summed E-state index contributed by atoms with van der Waals surface area (Å²) < 4.78 is 0. The fraction of sp³-hybridized carbons (Fsp3) is 0.0870. The molecule has 6 heteroatoms. The maximum atomic E-state index is 12.3. The van der Waals surface area contributed by atoms with Gasteiger partial charge >= 0.3 is 12.0 Å². The van der Waals surface area contributed by atoms with Gasteiger partial charge in [0.05, 0.1) is 5.71 Å². The number of carbonyl (C=O) groups excluding carboxylic acids is 1. The van der Waals surface area contributed by atoms with E-state index in [4.69, 9.17) is 0 Å². The summed E-state index contributed by atoms with van der Waals surface area (Å²) in [5.74, 6) is -1.11. The Bertz CT molecular complexity index is 933. The van der Waals surface area contributed by atoms with Crippen molar-refractivity contribution in [3.05, 3.63) is 108 Å². The Hall–Kier alpha value is -3.93. The molecule has 146 valence electrons. The number of nitrogens with one attached hydrogen (secondary N) is 2. The number of amides is 2. The molecule has 6 nitrogen and oxygen atoms in total. The Labute approximate surface area is 168 Å². The lowest BCUT2D eigenvalue weighted by molar-refractivity contribution is -0.139. The number of carbonyl (C=O) groups is 2. The van der Waals surface area contributed by atoms with Crippen molar-refractivity contribution >= 4 is 17.7 Å².